The van der Waals surface area contributed by atoms with Crippen LogP contribution in [0.4, 0.5) is 0 Å². The topological polar surface area (TPSA) is 35.8 Å². The molecule has 0 radical (unpaired) electrons. The first-order valence-electron chi connectivity index (χ1n) is 5.28. The number of rotatable bonds is 4. The van der Waals surface area contributed by atoms with Gasteiger partial charge in [0.1, 0.15) is 5.54 Å². The highest BCUT2D eigenvalue weighted by molar-refractivity contribution is 5.21. The van der Waals surface area contributed by atoms with Crippen molar-refractivity contribution in [1.82, 2.24) is 5.32 Å². The maximum Gasteiger partial charge on any atom is 0.108 e. The molecule has 0 bridgehead atoms. The molecule has 1 aromatic rings. The van der Waals surface area contributed by atoms with Crippen molar-refractivity contribution in [3.63, 3.8) is 0 Å². The second kappa shape index (κ2) is 4.95. The van der Waals surface area contributed by atoms with E-state index in [1.165, 1.54) is 5.56 Å². The molecule has 0 heterocycles. The van der Waals surface area contributed by atoms with Gasteiger partial charge in [-0.15, -0.1) is 0 Å². The Morgan fingerprint density at radius 3 is 2.40 bits per heavy atom. The Morgan fingerprint density at radius 1 is 1.33 bits per heavy atom. The highest BCUT2D eigenvalue weighted by Gasteiger charge is 2.24. The Labute approximate surface area is 91.9 Å². The molecule has 2 heteroatoms. The molecule has 1 rings (SSSR count). The summed E-state index contributed by atoms with van der Waals surface area (Å²) in [7, 11) is 0. The van der Waals surface area contributed by atoms with Crippen LogP contribution in [0.5, 0.6) is 0 Å². The molecule has 80 valence electrons. The van der Waals surface area contributed by atoms with Crippen LogP contribution in [0.3, 0.4) is 0 Å². The molecule has 2 nitrogen and oxygen atoms in total. The summed E-state index contributed by atoms with van der Waals surface area (Å²) in [4.78, 5) is 0. The predicted molar refractivity (Wildman–Crippen MR) is 62.4 cm³/mol. The van der Waals surface area contributed by atoms with Crippen molar-refractivity contribution in [2.45, 2.75) is 38.8 Å². The molecule has 1 unspecified atom stereocenters. The average Bonchev–Trinajstić information content (AvgIpc) is 2.18. The van der Waals surface area contributed by atoms with Crippen LogP contribution in [-0.2, 0) is 6.42 Å². The summed E-state index contributed by atoms with van der Waals surface area (Å²) in [5.41, 5.74) is 0.713. The first-order valence-corrected chi connectivity index (χ1v) is 5.28. The van der Waals surface area contributed by atoms with E-state index >= 15 is 0 Å². The van der Waals surface area contributed by atoms with Gasteiger partial charge in [-0.2, -0.15) is 5.26 Å². The first kappa shape index (κ1) is 11.7. The summed E-state index contributed by atoms with van der Waals surface area (Å²) in [6.45, 7) is 6.06. The van der Waals surface area contributed by atoms with E-state index in [2.05, 4.69) is 37.4 Å². The maximum absolute atomic E-state index is 9.18. The number of nitrogens with one attached hydrogen (secondary N) is 1. The van der Waals surface area contributed by atoms with Gasteiger partial charge >= 0.3 is 0 Å². The van der Waals surface area contributed by atoms with Crippen molar-refractivity contribution in [2.75, 3.05) is 0 Å². The molecule has 0 fully saturated rings. The molecule has 0 aliphatic heterocycles. The van der Waals surface area contributed by atoms with Crippen LogP contribution in [0, 0.1) is 11.3 Å². The largest absolute Gasteiger partial charge is 0.297 e. The van der Waals surface area contributed by atoms with E-state index in [4.69, 9.17) is 0 Å². The molecule has 1 N–H and O–H groups in total. The Hall–Kier alpha value is -1.33. The van der Waals surface area contributed by atoms with Crippen LogP contribution >= 0.6 is 0 Å². The summed E-state index contributed by atoms with van der Waals surface area (Å²) < 4.78 is 0. The fourth-order valence-corrected chi connectivity index (χ4v) is 1.76. The van der Waals surface area contributed by atoms with Crippen LogP contribution in [-0.4, -0.2) is 11.6 Å². The summed E-state index contributed by atoms with van der Waals surface area (Å²) in [6.07, 6.45) is 0.739. The van der Waals surface area contributed by atoms with E-state index in [-0.39, 0.29) is 0 Å². The molecule has 15 heavy (non-hydrogen) atoms. The summed E-state index contributed by atoms with van der Waals surface area (Å²) in [5, 5.41) is 12.5. The molecule has 0 saturated carbocycles. The summed E-state index contributed by atoms with van der Waals surface area (Å²) in [6, 6.07) is 12.8. The Kier molecular flexibility index (Phi) is 3.88. The third-order valence-corrected chi connectivity index (χ3v) is 2.25. The van der Waals surface area contributed by atoms with Crippen molar-refractivity contribution in [3.8, 4) is 6.07 Å². The van der Waals surface area contributed by atoms with E-state index in [9.17, 15) is 5.26 Å². The number of benzene rings is 1. The number of hydrogen-bond donors (Lipinski definition) is 1. The van der Waals surface area contributed by atoms with Gasteiger partial charge in [-0.1, -0.05) is 30.3 Å². The van der Waals surface area contributed by atoms with Crippen LogP contribution < -0.4 is 5.32 Å². The monoisotopic (exact) mass is 202 g/mol. The lowest BCUT2D eigenvalue weighted by atomic mass is 9.93. The quantitative estimate of drug-likeness (QED) is 0.814. The zero-order chi connectivity index (χ0) is 11.3. The Bertz CT molecular complexity index is 337. The lowest BCUT2D eigenvalue weighted by Gasteiger charge is -2.25. The molecule has 0 aliphatic carbocycles. The molecular formula is C13H18N2. The normalized spacial score (nSPS) is 14.6. The van der Waals surface area contributed by atoms with Crippen LogP contribution in [0.1, 0.15) is 26.3 Å². The standard InChI is InChI=1S/C13H18N2/c1-11(2)15-13(3,10-14)9-12-7-5-4-6-8-12/h4-8,11,15H,9H2,1-3H3. The second-order valence-corrected chi connectivity index (χ2v) is 4.41. The third kappa shape index (κ3) is 3.73. The Morgan fingerprint density at radius 2 is 1.93 bits per heavy atom. The minimum absolute atomic E-state index is 0.318. The van der Waals surface area contributed by atoms with Crippen molar-refractivity contribution in [2.24, 2.45) is 0 Å². The van der Waals surface area contributed by atoms with Gasteiger partial charge in [0.25, 0.3) is 0 Å². The van der Waals surface area contributed by atoms with Gasteiger partial charge in [-0.3, -0.25) is 5.32 Å². The predicted octanol–water partition coefficient (Wildman–Crippen LogP) is 2.51. The molecule has 0 aromatic heterocycles. The average molecular weight is 202 g/mol. The zero-order valence-electron chi connectivity index (χ0n) is 9.62. The van der Waals surface area contributed by atoms with Gasteiger partial charge in [-0.05, 0) is 26.3 Å². The van der Waals surface area contributed by atoms with E-state index in [0.29, 0.717) is 6.04 Å². The second-order valence-electron chi connectivity index (χ2n) is 4.41. The molecule has 1 aromatic carbocycles. The molecule has 0 amide bonds. The number of nitrogens with zero attached hydrogens (tertiary/aromatic N) is 1. The minimum Gasteiger partial charge on any atom is -0.297 e. The molecule has 0 saturated heterocycles. The van der Waals surface area contributed by atoms with Gasteiger partial charge < -0.3 is 0 Å². The Balaban J connectivity index is 2.74. The van der Waals surface area contributed by atoms with E-state index < -0.39 is 5.54 Å². The van der Waals surface area contributed by atoms with Gasteiger partial charge in [0.15, 0.2) is 0 Å². The maximum atomic E-state index is 9.18. The van der Waals surface area contributed by atoms with Gasteiger partial charge in [0.05, 0.1) is 6.07 Å². The summed E-state index contributed by atoms with van der Waals surface area (Å²) in [5.74, 6) is 0. The van der Waals surface area contributed by atoms with Gasteiger partial charge in [0, 0.05) is 12.5 Å². The molecule has 0 aliphatic rings. The molecular weight excluding hydrogens is 184 g/mol. The van der Waals surface area contributed by atoms with Crippen molar-refractivity contribution >= 4 is 0 Å². The fraction of sp³-hybridized carbons (Fsp3) is 0.462. The lowest BCUT2D eigenvalue weighted by molar-refractivity contribution is 0.403. The van der Waals surface area contributed by atoms with Gasteiger partial charge in [-0.25, -0.2) is 0 Å². The number of nitriles is 1. The van der Waals surface area contributed by atoms with Crippen molar-refractivity contribution < 1.29 is 0 Å². The fourth-order valence-electron chi connectivity index (χ4n) is 1.76. The van der Waals surface area contributed by atoms with Crippen LogP contribution in [0.15, 0.2) is 30.3 Å². The SMILES string of the molecule is CC(C)NC(C)(C#N)Cc1ccccc1. The van der Waals surface area contributed by atoms with E-state index in [1.807, 2.05) is 25.1 Å². The third-order valence-electron chi connectivity index (χ3n) is 2.25. The van der Waals surface area contributed by atoms with Crippen molar-refractivity contribution in [3.05, 3.63) is 35.9 Å². The highest BCUT2D eigenvalue weighted by atomic mass is 15.0. The van der Waals surface area contributed by atoms with Crippen molar-refractivity contribution in [1.29, 1.82) is 5.26 Å². The van der Waals surface area contributed by atoms with Crippen LogP contribution in [0.25, 0.3) is 0 Å². The summed E-state index contributed by atoms with van der Waals surface area (Å²) >= 11 is 0. The first-order chi connectivity index (χ1) is 7.06. The van der Waals surface area contributed by atoms with Crippen LogP contribution in [0.2, 0.25) is 0 Å². The zero-order valence-corrected chi connectivity index (χ0v) is 9.62. The minimum atomic E-state index is -0.477. The lowest BCUT2D eigenvalue weighted by Crippen LogP contribution is -2.46. The van der Waals surface area contributed by atoms with E-state index in [0.717, 1.165) is 6.42 Å². The highest BCUT2D eigenvalue weighted by Crippen LogP contribution is 2.13. The molecule has 0 spiro atoms. The van der Waals surface area contributed by atoms with Gasteiger partial charge in [0.2, 0.25) is 0 Å². The van der Waals surface area contributed by atoms with E-state index in [1.54, 1.807) is 0 Å². The molecule has 1 atom stereocenters. The number of hydrogen-bond acceptors (Lipinski definition) is 2. The smallest absolute Gasteiger partial charge is 0.108 e.